The first kappa shape index (κ1) is 21.6. The number of methoxy groups -OCH3 is 1. The molecule has 0 saturated heterocycles. The zero-order chi connectivity index (χ0) is 20.7. The highest BCUT2D eigenvalue weighted by Gasteiger charge is 2.22. The van der Waals surface area contributed by atoms with Crippen LogP contribution < -0.4 is 27.2 Å². The van der Waals surface area contributed by atoms with Gasteiger partial charge in [0.1, 0.15) is 5.82 Å². The Hall–Kier alpha value is -2.65. The number of nitrogens with one attached hydrogen (secondary N) is 2. The number of aromatic nitrogens is 2. The number of hydrogen-bond acceptors (Lipinski definition) is 5. The molecule has 2 aromatic rings. The van der Waals surface area contributed by atoms with Crippen LogP contribution in [-0.4, -0.2) is 34.9 Å². The number of unbranched alkanes of at least 4 members (excludes halogenated alkanes) is 1. The van der Waals surface area contributed by atoms with E-state index in [1.165, 1.54) is 4.57 Å². The van der Waals surface area contributed by atoms with Crippen LogP contribution in [0.5, 0.6) is 0 Å². The molecule has 0 amide bonds. The summed E-state index contributed by atoms with van der Waals surface area (Å²) < 4.78 is 6.54. The van der Waals surface area contributed by atoms with Crippen molar-refractivity contribution >= 4 is 34.5 Å². The van der Waals surface area contributed by atoms with Gasteiger partial charge in [0.2, 0.25) is 0 Å². The summed E-state index contributed by atoms with van der Waals surface area (Å²) in [6, 6.07) is 7.67. The number of rotatable bonds is 8. The Morgan fingerprint density at radius 1 is 1.36 bits per heavy atom. The topological polar surface area (TPSA) is 105 Å². The summed E-state index contributed by atoms with van der Waals surface area (Å²) in [5.41, 5.74) is 7.09. The van der Waals surface area contributed by atoms with Gasteiger partial charge in [0.25, 0.3) is 5.56 Å². The third-order valence-electron chi connectivity index (χ3n) is 4.37. The average Bonchev–Trinajstić information content (AvgIpc) is 2.65. The Bertz CT molecular complexity index is 938. The number of aryl methyl sites for hydroxylation is 1. The highest BCUT2D eigenvalue weighted by atomic mass is 32.1. The van der Waals surface area contributed by atoms with E-state index in [2.05, 4.69) is 10.3 Å². The summed E-state index contributed by atoms with van der Waals surface area (Å²) in [6.45, 7) is 5.01. The maximum Gasteiger partial charge on any atom is 0.330 e. The van der Waals surface area contributed by atoms with Crippen LogP contribution in [0.1, 0.15) is 25.3 Å². The number of nitrogens with zero attached hydrogens (tertiary/aromatic N) is 2. The standard InChI is InChI=1S/C19H27N5O3S/c1-4-5-10-24-16(20)15(17(25)22-18(24)26)23(11-12-27-3)19(28)21-14-9-7-6-8-13(14)2/h6-9H,4-5,10-12,20H2,1-3H3,(H,21,28)(H,22,25,26). The van der Waals surface area contributed by atoms with Gasteiger partial charge in [-0.05, 0) is 37.2 Å². The third-order valence-corrected chi connectivity index (χ3v) is 4.69. The second-order valence-corrected chi connectivity index (χ2v) is 6.77. The number of nitrogens with two attached hydrogens (primary N) is 1. The van der Waals surface area contributed by atoms with Crippen LogP contribution in [0.15, 0.2) is 33.9 Å². The first-order valence-electron chi connectivity index (χ1n) is 9.16. The minimum Gasteiger partial charge on any atom is -0.383 e. The van der Waals surface area contributed by atoms with Crippen molar-refractivity contribution in [2.24, 2.45) is 0 Å². The van der Waals surface area contributed by atoms with Gasteiger partial charge in [-0.2, -0.15) is 0 Å². The van der Waals surface area contributed by atoms with Crippen LogP contribution in [0.3, 0.4) is 0 Å². The minimum absolute atomic E-state index is 0.0900. The molecule has 0 spiro atoms. The summed E-state index contributed by atoms with van der Waals surface area (Å²) >= 11 is 5.56. The fourth-order valence-corrected chi connectivity index (χ4v) is 3.06. The molecule has 0 bridgehead atoms. The molecule has 1 heterocycles. The number of hydrogen-bond donors (Lipinski definition) is 3. The summed E-state index contributed by atoms with van der Waals surface area (Å²) in [5.74, 6) is 0.0900. The summed E-state index contributed by atoms with van der Waals surface area (Å²) in [6.07, 6.45) is 1.65. The van der Waals surface area contributed by atoms with E-state index in [1.807, 2.05) is 38.1 Å². The molecule has 2 rings (SSSR count). The molecule has 0 unspecified atom stereocenters. The monoisotopic (exact) mass is 405 g/mol. The number of ether oxygens (including phenoxy) is 1. The molecule has 0 atom stereocenters. The Balaban J connectivity index is 2.47. The van der Waals surface area contributed by atoms with Crippen LogP contribution in [0, 0.1) is 6.92 Å². The highest BCUT2D eigenvalue weighted by molar-refractivity contribution is 7.80. The zero-order valence-electron chi connectivity index (χ0n) is 16.4. The maximum atomic E-state index is 12.6. The lowest BCUT2D eigenvalue weighted by Crippen LogP contribution is -2.44. The smallest absolute Gasteiger partial charge is 0.330 e. The molecule has 0 aliphatic heterocycles. The fourth-order valence-electron chi connectivity index (χ4n) is 2.77. The second-order valence-electron chi connectivity index (χ2n) is 6.39. The number of thiocarbonyl (C=S) groups is 1. The lowest BCUT2D eigenvalue weighted by atomic mass is 10.2. The van der Waals surface area contributed by atoms with Crippen LogP contribution in [0.4, 0.5) is 17.2 Å². The van der Waals surface area contributed by atoms with Crippen molar-refractivity contribution in [2.75, 3.05) is 36.2 Å². The second kappa shape index (κ2) is 10.0. The lowest BCUT2D eigenvalue weighted by molar-refractivity contribution is 0.208. The molecule has 0 fully saturated rings. The molecule has 28 heavy (non-hydrogen) atoms. The van der Waals surface area contributed by atoms with Gasteiger partial charge in [0.05, 0.1) is 6.61 Å². The summed E-state index contributed by atoms with van der Waals surface area (Å²) in [5, 5.41) is 3.45. The van der Waals surface area contributed by atoms with Crippen LogP contribution in [0.2, 0.25) is 0 Å². The van der Waals surface area contributed by atoms with Crippen molar-refractivity contribution in [3.05, 3.63) is 50.7 Å². The van der Waals surface area contributed by atoms with E-state index in [4.69, 9.17) is 22.7 Å². The molecule has 8 nitrogen and oxygen atoms in total. The van der Waals surface area contributed by atoms with Crippen molar-refractivity contribution in [1.29, 1.82) is 0 Å². The molecule has 0 aliphatic carbocycles. The Labute approximate surface area is 169 Å². The van der Waals surface area contributed by atoms with Gasteiger partial charge in [-0.1, -0.05) is 31.5 Å². The van der Waals surface area contributed by atoms with Gasteiger partial charge in [-0.25, -0.2) is 4.79 Å². The maximum absolute atomic E-state index is 12.6. The van der Waals surface area contributed by atoms with Crippen molar-refractivity contribution in [2.45, 2.75) is 33.2 Å². The number of H-pyrrole nitrogens is 1. The van der Waals surface area contributed by atoms with Gasteiger partial charge in [-0.3, -0.25) is 14.3 Å². The van der Waals surface area contributed by atoms with Crippen molar-refractivity contribution in [3.63, 3.8) is 0 Å². The normalized spacial score (nSPS) is 10.7. The molecule has 0 aliphatic rings. The van der Waals surface area contributed by atoms with E-state index in [9.17, 15) is 9.59 Å². The number of aromatic amines is 1. The molecular formula is C19H27N5O3S. The summed E-state index contributed by atoms with van der Waals surface area (Å²) in [7, 11) is 1.56. The number of nitrogen functional groups attached to an aromatic ring is 1. The van der Waals surface area contributed by atoms with Crippen molar-refractivity contribution in [3.8, 4) is 0 Å². The van der Waals surface area contributed by atoms with E-state index < -0.39 is 11.2 Å². The third kappa shape index (κ3) is 4.99. The molecule has 1 aromatic carbocycles. The van der Waals surface area contributed by atoms with Gasteiger partial charge < -0.3 is 20.7 Å². The molecule has 152 valence electrons. The van der Waals surface area contributed by atoms with Crippen molar-refractivity contribution < 1.29 is 4.74 Å². The quantitative estimate of drug-likeness (QED) is 0.578. The molecule has 1 aromatic heterocycles. The fraction of sp³-hybridized carbons (Fsp3) is 0.421. The zero-order valence-corrected chi connectivity index (χ0v) is 17.3. The van der Waals surface area contributed by atoms with Crippen molar-refractivity contribution in [1.82, 2.24) is 9.55 Å². The average molecular weight is 406 g/mol. The first-order chi connectivity index (χ1) is 13.4. The van der Waals surface area contributed by atoms with E-state index in [0.29, 0.717) is 24.8 Å². The van der Waals surface area contributed by atoms with Gasteiger partial charge in [-0.15, -0.1) is 0 Å². The highest BCUT2D eigenvalue weighted by Crippen LogP contribution is 2.20. The van der Waals surface area contributed by atoms with E-state index >= 15 is 0 Å². The summed E-state index contributed by atoms with van der Waals surface area (Å²) in [4.78, 5) is 28.7. The van der Waals surface area contributed by atoms with Gasteiger partial charge >= 0.3 is 5.69 Å². The van der Waals surface area contributed by atoms with Gasteiger partial charge in [0, 0.05) is 25.9 Å². The Morgan fingerprint density at radius 3 is 2.71 bits per heavy atom. The SMILES string of the molecule is CCCCn1c(N)c(N(CCOC)C(=S)Nc2ccccc2C)c(=O)[nH]c1=O. The lowest BCUT2D eigenvalue weighted by Gasteiger charge is -2.27. The van der Waals surface area contributed by atoms with E-state index in [1.54, 1.807) is 12.0 Å². The number of para-hydroxylation sites is 1. The Morgan fingerprint density at radius 2 is 2.07 bits per heavy atom. The van der Waals surface area contributed by atoms with E-state index in [0.717, 1.165) is 24.1 Å². The minimum atomic E-state index is -0.583. The number of anilines is 3. The molecular weight excluding hydrogens is 378 g/mol. The van der Waals surface area contributed by atoms with Crippen LogP contribution in [0.25, 0.3) is 0 Å². The van der Waals surface area contributed by atoms with Crippen LogP contribution >= 0.6 is 12.2 Å². The molecule has 9 heteroatoms. The predicted octanol–water partition coefficient (Wildman–Crippen LogP) is 2.08. The molecule has 0 radical (unpaired) electrons. The predicted molar refractivity (Wildman–Crippen MR) is 117 cm³/mol. The molecule has 4 N–H and O–H groups in total. The van der Waals surface area contributed by atoms with Crippen LogP contribution in [-0.2, 0) is 11.3 Å². The molecule has 0 saturated carbocycles. The van der Waals surface area contributed by atoms with Gasteiger partial charge in [0.15, 0.2) is 10.8 Å². The largest absolute Gasteiger partial charge is 0.383 e. The number of benzene rings is 1. The van der Waals surface area contributed by atoms with E-state index in [-0.39, 0.29) is 11.5 Å². The first-order valence-corrected chi connectivity index (χ1v) is 9.57. The Kier molecular flexibility index (Phi) is 7.77.